The smallest absolute Gasteiger partial charge is 0.261 e. The van der Waals surface area contributed by atoms with E-state index in [1.165, 1.54) is 29.5 Å². The Bertz CT molecular complexity index is 621. The number of aromatic nitrogens is 2. The van der Waals surface area contributed by atoms with Crippen molar-refractivity contribution < 1.29 is 9.18 Å². The van der Waals surface area contributed by atoms with Crippen LogP contribution in [0.1, 0.15) is 34.1 Å². The molecule has 1 aromatic carbocycles. The first-order valence-electron chi connectivity index (χ1n) is 5.74. The van der Waals surface area contributed by atoms with Gasteiger partial charge in [0.15, 0.2) is 0 Å². The van der Waals surface area contributed by atoms with Crippen molar-refractivity contribution >= 4 is 34.0 Å². The molecule has 0 unspecified atom stereocenters. The second-order valence-electron chi connectivity index (χ2n) is 4.27. The molecule has 4 nitrogen and oxygen atoms in total. The highest BCUT2D eigenvalue weighted by Crippen LogP contribution is 2.42. The van der Waals surface area contributed by atoms with Crippen LogP contribution in [-0.2, 0) is 0 Å². The zero-order chi connectivity index (χ0) is 13.4. The zero-order valence-electron chi connectivity index (χ0n) is 9.69. The topological polar surface area (TPSA) is 54.9 Å². The lowest BCUT2D eigenvalue weighted by Crippen LogP contribution is -2.14. The van der Waals surface area contributed by atoms with E-state index in [9.17, 15) is 9.18 Å². The Balaban J connectivity index is 1.80. The van der Waals surface area contributed by atoms with Gasteiger partial charge in [-0.25, -0.2) is 4.39 Å². The molecule has 1 N–H and O–H groups in total. The molecule has 0 aliphatic heterocycles. The summed E-state index contributed by atoms with van der Waals surface area (Å²) in [5, 5.41) is 11.7. The summed E-state index contributed by atoms with van der Waals surface area (Å²) < 4.78 is 13.6. The molecule has 7 heteroatoms. The van der Waals surface area contributed by atoms with Crippen molar-refractivity contribution in [2.24, 2.45) is 0 Å². The number of carbonyl (C=O) groups excluding carboxylic acids is 1. The lowest BCUT2D eigenvalue weighted by atomic mass is 10.2. The first kappa shape index (κ1) is 12.5. The molecule has 98 valence electrons. The molecule has 0 saturated heterocycles. The van der Waals surface area contributed by atoms with Crippen LogP contribution in [0.15, 0.2) is 18.2 Å². The highest BCUT2D eigenvalue weighted by atomic mass is 35.5. The minimum absolute atomic E-state index is 0.0735. The lowest BCUT2D eigenvalue weighted by molar-refractivity contribution is 0.102. The van der Waals surface area contributed by atoms with Gasteiger partial charge in [-0.1, -0.05) is 29.0 Å². The van der Waals surface area contributed by atoms with Crippen molar-refractivity contribution in [3.05, 3.63) is 39.6 Å². The zero-order valence-corrected chi connectivity index (χ0v) is 11.3. The highest BCUT2D eigenvalue weighted by molar-refractivity contribution is 7.15. The molecule has 1 aliphatic carbocycles. The summed E-state index contributed by atoms with van der Waals surface area (Å²) >= 11 is 7.14. The van der Waals surface area contributed by atoms with Crippen LogP contribution in [0, 0.1) is 5.82 Å². The van der Waals surface area contributed by atoms with Crippen molar-refractivity contribution in [2.75, 3.05) is 5.32 Å². The van der Waals surface area contributed by atoms with Crippen LogP contribution < -0.4 is 5.32 Å². The van der Waals surface area contributed by atoms with Crippen LogP contribution in [0.25, 0.3) is 0 Å². The summed E-state index contributed by atoms with van der Waals surface area (Å²) in [6.45, 7) is 0. The summed E-state index contributed by atoms with van der Waals surface area (Å²) in [6, 6.07) is 4.11. The second-order valence-corrected chi connectivity index (χ2v) is 5.69. The minimum atomic E-state index is -0.656. The number of hydrogen-bond acceptors (Lipinski definition) is 4. The van der Waals surface area contributed by atoms with E-state index in [1.54, 1.807) is 0 Å². The molecule has 0 bridgehead atoms. The molecule has 0 spiro atoms. The number of nitrogens with zero attached hydrogens (tertiary/aromatic N) is 2. The van der Waals surface area contributed by atoms with Gasteiger partial charge in [0.05, 0.1) is 10.6 Å². The summed E-state index contributed by atoms with van der Waals surface area (Å²) in [6.07, 6.45) is 2.23. The molecule has 1 saturated carbocycles. The van der Waals surface area contributed by atoms with E-state index in [-0.39, 0.29) is 10.6 Å². The van der Waals surface area contributed by atoms with Crippen LogP contribution >= 0.6 is 22.9 Å². The normalized spacial score (nSPS) is 14.4. The Morgan fingerprint density at radius 2 is 2.21 bits per heavy atom. The summed E-state index contributed by atoms with van der Waals surface area (Å²) in [5.41, 5.74) is -0.174. The van der Waals surface area contributed by atoms with E-state index in [2.05, 4.69) is 15.5 Å². The van der Waals surface area contributed by atoms with Gasteiger partial charge in [0.2, 0.25) is 5.13 Å². The van der Waals surface area contributed by atoms with E-state index in [1.807, 2.05) is 0 Å². The number of rotatable bonds is 3. The fourth-order valence-electron chi connectivity index (χ4n) is 1.65. The number of nitrogens with one attached hydrogen (secondary N) is 1. The molecule has 1 fully saturated rings. The maximum atomic E-state index is 13.6. The number of benzene rings is 1. The van der Waals surface area contributed by atoms with E-state index in [4.69, 9.17) is 11.6 Å². The Labute approximate surface area is 117 Å². The van der Waals surface area contributed by atoms with Gasteiger partial charge in [-0.2, -0.15) is 0 Å². The molecular formula is C12H9ClFN3OS. The Morgan fingerprint density at radius 1 is 1.42 bits per heavy atom. The molecule has 1 aromatic heterocycles. The van der Waals surface area contributed by atoms with Crippen molar-refractivity contribution in [3.63, 3.8) is 0 Å². The fraction of sp³-hybridized carbons (Fsp3) is 0.250. The van der Waals surface area contributed by atoms with Crippen molar-refractivity contribution in [1.29, 1.82) is 0 Å². The van der Waals surface area contributed by atoms with E-state index < -0.39 is 11.7 Å². The van der Waals surface area contributed by atoms with E-state index in [0.717, 1.165) is 17.8 Å². The van der Waals surface area contributed by atoms with Crippen LogP contribution in [0.4, 0.5) is 9.52 Å². The van der Waals surface area contributed by atoms with Crippen molar-refractivity contribution in [2.45, 2.75) is 18.8 Å². The van der Waals surface area contributed by atoms with Crippen LogP contribution in [0.3, 0.4) is 0 Å². The lowest BCUT2D eigenvalue weighted by Gasteiger charge is -2.04. The molecule has 1 heterocycles. The first-order chi connectivity index (χ1) is 9.15. The molecule has 0 radical (unpaired) electrons. The molecule has 0 atom stereocenters. The van der Waals surface area contributed by atoms with Crippen molar-refractivity contribution in [1.82, 2.24) is 10.2 Å². The van der Waals surface area contributed by atoms with E-state index >= 15 is 0 Å². The van der Waals surface area contributed by atoms with Gasteiger partial charge in [-0.05, 0) is 25.0 Å². The maximum absolute atomic E-state index is 13.6. The van der Waals surface area contributed by atoms with Crippen LogP contribution in [0.2, 0.25) is 5.02 Å². The van der Waals surface area contributed by atoms with E-state index in [0.29, 0.717) is 11.0 Å². The third-order valence-electron chi connectivity index (χ3n) is 2.78. The van der Waals surface area contributed by atoms with Gasteiger partial charge in [-0.3, -0.25) is 10.1 Å². The predicted octanol–water partition coefficient (Wildman–Crippen LogP) is 3.46. The number of amides is 1. The van der Waals surface area contributed by atoms with Crippen LogP contribution in [-0.4, -0.2) is 16.1 Å². The molecule has 19 heavy (non-hydrogen) atoms. The molecule has 3 rings (SSSR count). The maximum Gasteiger partial charge on any atom is 0.261 e. The Kier molecular flexibility index (Phi) is 3.20. The van der Waals surface area contributed by atoms with Gasteiger partial charge in [0.1, 0.15) is 10.8 Å². The largest absolute Gasteiger partial charge is 0.296 e. The molecule has 2 aromatic rings. The number of halogens is 2. The summed E-state index contributed by atoms with van der Waals surface area (Å²) in [5.74, 6) is -0.793. The molecule has 1 aliphatic rings. The van der Waals surface area contributed by atoms with Crippen LogP contribution in [0.5, 0.6) is 0 Å². The summed E-state index contributed by atoms with van der Waals surface area (Å²) in [4.78, 5) is 12.0. The average molecular weight is 298 g/mol. The van der Waals surface area contributed by atoms with Gasteiger partial charge < -0.3 is 0 Å². The molecule has 1 amide bonds. The van der Waals surface area contributed by atoms with Gasteiger partial charge in [-0.15, -0.1) is 10.2 Å². The standard InChI is InChI=1S/C12H9ClFN3OS/c13-7-2-1-3-8(14)9(7)10(18)15-12-17-16-11(19-12)6-4-5-6/h1-3,6H,4-5H2,(H,15,17,18). The quantitative estimate of drug-likeness (QED) is 0.944. The number of anilines is 1. The van der Waals surface area contributed by atoms with Gasteiger partial charge in [0, 0.05) is 5.92 Å². The van der Waals surface area contributed by atoms with Gasteiger partial charge in [0.25, 0.3) is 5.91 Å². The monoisotopic (exact) mass is 297 g/mol. The van der Waals surface area contributed by atoms with Crippen molar-refractivity contribution in [3.8, 4) is 0 Å². The Morgan fingerprint density at radius 3 is 2.89 bits per heavy atom. The highest BCUT2D eigenvalue weighted by Gasteiger charge is 2.28. The third kappa shape index (κ3) is 2.59. The predicted molar refractivity (Wildman–Crippen MR) is 71.2 cm³/mol. The number of hydrogen-bond donors (Lipinski definition) is 1. The van der Waals surface area contributed by atoms with Gasteiger partial charge >= 0.3 is 0 Å². The SMILES string of the molecule is O=C(Nc1nnc(C2CC2)s1)c1c(F)cccc1Cl. The second kappa shape index (κ2) is 4.86. The Hall–Kier alpha value is -1.53. The average Bonchev–Trinajstić information content (AvgIpc) is 3.10. The molecular weight excluding hydrogens is 289 g/mol. The number of carbonyl (C=O) groups is 1. The fourth-order valence-corrected chi connectivity index (χ4v) is 2.81. The minimum Gasteiger partial charge on any atom is -0.296 e. The third-order valence-corrected chi connectivity index (χ3v) is 4.09. The first-order valence-corrected chi connectivity index (χ1v) is 6.93. The summed E-state index contributed by atoms with van der Waals surface area (Å²) in [7, 11) is 0.